The SMILES string of the molecule is C#CC1(c2cnc3ccccn23)CC1. The Labute approximate surface area is 82.6 Å². The van der Waals surface area contributed by atoms with E-state index in [9.17, 15) is 0 Å². The first kappa shape index (κ1) is 7.64. The fourth-order valence-electron chi connectivity index (χ4n) is 1.89. The van der Waals surface area contributed by atoms with Gasteiger partial charge in [-0.25, -0.2) is 4.98 Å². The molecule has 1 aliphatic carbocycles. The van der Waals surface area contributed by atoms with Crippen LogP contribution in [-0.4, -0.2) is 9.38 Å². The summed E-state index contributed by atoms with van der Waals surface area (Å²) in [7, 11) is 0. The molecule has 2 aromatic heterocycles. The highest BCUT2D eigenvalue weighted by Crippen LogP contribution is 2.47. The Morgan fingerprint density at radius 1 is 1.43 bits per heavy atom. The summed E-state index contributed by atoms with van der Waals surface area (Å²) < 4.78 is 2.09. The van der Waals surface area contributed by atoms with Crippen LogP contribution in [0.1, 0.15) is 18.5 Å². The monoisotopic (exact) mass is 182 g/mol. The van der Waals surface area contributed by atoms with Gasteiger partial charge in [0.1, 0.15) is 5.65 Å². The van der Waals surface area contributed by atoms with Gasteiger partial charge >= 0.3 is 0 Å². The second-order valence-corrected chi connectivity index (χ2v) is 3.80. The van der Waals surface area contributed by atoms with E-state index >= 15 is 0 Å². The van der Waals surface area contributed by atoms with Gasteiger partial charge in [0.15, 0.2) is 0 Å². The largest absolute Gasteiger partial charge is 0.303 e. The number of terminal acetylenes is 1. The Bertz CT molecular complexity index is 526. The number of nitrogens with zero attached hydrogens (tertiary/aromatic N) is 2. The maximum Gasteiger partial charge on any atom is 0.136 e. The minimum atomic E-state index is -0.0270. The van der Waals surface area contributed by atoms with E-state index in [1.807, 2.05) is 30.6 Å². The van der Waals surface area contributed by atoms with Crippen molar-refractivity contribution in [3.05, 3.63) is 36.3 Å². The number of hydrogen-bond donors (Lipinski definition) is 0. The fraction of sp³-hybridized carbons (Fsp3) is 0.250. The van der Waals surface area contributed by atoms with Gasteiger partial charge in [-0.05, 0) is 25.0 Å². The number of aromatic nitrogens is 2. The molecule has 1 saturated carbocycles. The van der Waals surface area contributed by atoms with Gasteiger partial charge in [-0.1, -0.05) is 12.0 Å². The molecule has 0 spiro atoms. The van der Waals surface area contributed by atoms with Crippen molar-refractivity contribution in [1.29, 1.82) is 0 Å². The van der Waals surface area contributed by atoms with Gasteiger partial charge in [-0.2, -0.15) is 0 Å². The third-order valence-electron chi connectivity index (χ3n) is 2.93. The minimum absolute atomic E-state index is 0.0270. The number of hydrogen-bond acceptors (Lipinski definition) is 1. The summed E-state index contributed by atoms with van der Waals surface area (Å²) in [6.45, 7) is 0. The molecule has 2 heteroatoms. The van der Waals surface area contributed by atoms with Crippen LogP contribution >= 0.6 is 0 Å². The molecule has 0 aromatic carbocycles. The summed E-state index contributed by atoms with van der Waals surface area (Å²) >= 11 is 0. The second kappa shape index (κ2) is 2.39. The van der Waals surface area contributed by atoms with E-state index in [4.69, 9.17) is 6.42 Å². The van der Waals surface area contributed by atoms with Crippen molar-refractivity contribution in [2.45, 2.75) is 18.3 Å². The molecule has 2 aromatic rings. The van der Waals surface area contributed by atoms with Crippen molar-refractivity contribution in [3.63, 3.8) is 0 Å². The third-order valence-corrected chi connectivity index (χ3v) is 2.93. The Morgan fingerprint density at radius 2 is 2.29 bits per heavy atom. The highest BCUT2D eigenvalue weighted by molar-refractivity contribution is 5.46. The van der Waals surface area contributed by atoms with Gasteiger partial charge < -0.3 is 4.40 Å². The zero-order valence-electron chi connectivity index (χ0n) is 7.77. The molecule has 68 valence electrons. The van der Waals surface area contributed by atoms with Crippen LogP contribution in [0, 0.1) is 12.3 Å². The highest BCUT2D eigenvalue weighted by Gasteiger charge is 2.44. The van der Waals surface area contributed by atoms with Crippen molar-refractivity contribution >= 4 is 5.65 Å². The third kappa shape index (κ3) is 0.843. The highest BCUT2D eigenvalue weighted by atomic mass is 15.0. The van der Waals surface area contributed by atoms with Crippen LogP contribution in [0.5, 0.6) is 0 Å². The molecule has 0 amide bonds. The molecule has 0 saturated heterocycles. The van der Waals surface area contributed by atoms with Gasteiger partial charge in [0.2, 0.25) is 0 Å². The second-order valence-electron chi connectivity index (χ2n) is 3.80. The van der Waals surface area contributed by atoms with Crippen LogP contribution in [-0.2, 0) is 5.41 Å². The smallest absolute Gasteiger partial charge is 0.136 e. The van der Waals surface area contributed by atoms with Crippen LogP contribution in [0.15, 0.2) is 30.6 Å². The average molecular weight is 182 g/mol. The molecule has 14 heavy (non-hydrogen) atoms. The molecule has 0 N–H and O–H groups in total. The van der Waals surface area contributed by atoms with E-state index in [1.165, 1.54) is 0 Å². The van der Waals surface area contributed by atoms with Gasteiger partial charge in [0.25, 0.3) is 0 Å². The van der Waals surface area contributed by atoms with E-state index in [0.29, 0.717) is 0 Å². The Hall–Kier alpha value is -1.75. The van der Waals surface area contributed by atoms with Crippen LogP contribution in [0.3, 0.4) is 0 Å². The van der Waals surface area contributed by atoms with Crippen LogP contribution in [0.4, 0.5) is 0 Å². The van der Waals surface area contributed by atoms with Crippen molar-refractivity contribution in [2.24, 2.45) is 0 Å². The average Bonchev–Trinajstić information content (AvgIpc) is 2.91. The van der Waals surface area contributed by atoms with Crippen molar-refractivity contribution in [1.82, 2.24) is 9.38 Å². The van der Waals surface area contributed by atoms with E-state index in [-0.39, 0.29) is 5.41 Å². The standard InChI is InChI=1S/C12H10N2/c1-2-12(6-7-12)10-9-13-11-5-3-4-8-14(10)11/h1,3-5,8-9H,6-7H2. The molecule has 3 rings (SSSR count). The van der Waals surface area contributed by atoms with Crippen LogP contribution in [0.2, 0.25) is 0 Å². The summed E-state index contributed by atoms with van der Waals surface area (Å²) in [6, 6.07) is 5.99. The predicted octanol–water partition coefficient (Wildman–Crippen LogP) is 2.00. The molecule has 0 atom stereocenters. The first-order chi connectivity index (χ1) is 6.86. The van der Waals surface area contributed by atoms with Gasteiger partial charge in [0.05, 0.1) is 17.3 Å². The maximum atomic E-state index is 5.56. The first-order valence-corrected chi connectivity index (χ1v) is 4.76. The van der Waals surface area contributed by atoms with E-state index in [1.54, 1.807) is 0 Å². The summed E-state index contributed by atoms with van der Waals surface area (Å²) in [5, 5.41) is 0. The minimum Gasteiger partial charge on any atom is -0.303 e. The van der Waals surface area contributed by atoms with E-state index in [2.05, 4.69) is 15.3 Å². The molecule has 0 bridgehead atoms. The lowest BCUT2D eigenvalue weighted by Crippen LogP contribution is -2.06. The summed E-state index contributed by atoms with van der Waals surface area (Å²) in [5.41, 5.74) is 2.11. The lowest BCUT2D eigenvalue weighted by atomic mass is 10.1. The van der Waals surface area contributed by atoms with Gasteiger partial charge in [0, 0.05) is 6.20 Å². The quantitative estimate of drug-likeness (QED) is 0.616. The number of rotatable bonds is 1. The van der Waals surface area contributed by atoms with Crippen molar-refractivity contribution in [2.75, 3.05) is 0 Å². The van der Waals surface area contributed by atoms with E-state index < -0.39 is 0 Å². The predicted molar refractivity (Wildman–Crippen MR) is 54.9 cm³/mol. The number of imidazole rings is 1. The number of pyridine rings is 1. The molecular weight excluding hydrogens is 172 g/mol. The fourth-order valence-corrected chi connectivity index (χ4v) is 1.89. The van der Waals surface area contributed by atoms with Crippen LogP contribution in [0.25, 0.3) is 5.65 Å². The Kier molecular flexibility index (Phi) is 1.30. The molecular formula is C12H10N2. The van der Waals surface area contributed by atoms with Gasteiger partial charge in [-0.15, -0.1) is 6.42 Å². The molecule has 2 nitrogen and oxygen atoms in total. The molecule has 1 aliphatic rings. The molecule has 0 aliphatic heterocycles. The van der Waals surface area contributed by atoms with Crippen molar-refractivity contribution in [3.8, 4) is 12.3 Å². The summed E-state index contributed by atoms with van der Waals surface area (Å²) in [5.74, 6) is 2.89. The zero-order valence-corrected chi connectivity index (χ0v) is 7.77. The molecule has 0 radical (unpaired) electrons. The maximum absolute atomic E-state index is 5.56. The lowest BCUT2D eigenvalue weighted by molar-refractivity contribution is 0.851. The first-order valence-electron chi connectivity index (χ1n) is 4.76. The Balaban J connectivity index is 2.29. The topological polar surface area (TPSA) is 17.3 Å². The Morgan fingerprint density at radius 3 is 3.00 bits per heavy atom. The molecule has 1 fully saturated rings. The van der Waals surface area contributed by atoms with Gasteiger partial charge in [-0.3, -0.25) is 0 Å². The summed E-state index contributed by atoms with van der Waals surface area (Å²) in [4.78, 5) is 4.34. The summed E-state index contributed by atoms with van der Waals surface area (Å²) in [6.07, 6.45) is 11.7. The molecule has 0 unspecified atom stereocenters. The van der Waals surface area contributed by atoms with Crippen LogP contribution < -0.4 is 0 Å². The molecule has 2 heterocycles. The van der Waals surface area contributed by atoms with Crippen molar-refractivity contribution < 1.29 is 0 Å². The van der Waals surface area contributed by atoms with E-state index in [0.717, 1.165) is 24.2 Å². The zero-order chi connectivity index (χ0) is 9.60. The number of fused-ring (bicyclic) bond motifs is 1. The normalized spacial score (nSPS) is 17.9. The lowest BCUT2D eigenvalue weighted by Gasteiger charge is -2.06.